The average Bonchev–Trinajstić information content (AvgIpc) is 2.16. The van der Waals surface area contributed by atoms with E-state index in [0.29, 0.717) is 0 Å². The van der Waals surface area contributed by atoms with Gasteiger partial charge >= 0.3 is 16.3 Å². The molecule has 0 fully saturated rings. The third-order valence-electron chi connectivity index (χ3n) is 1.40. The van der Waals surface area contributed by atoms with Crippen LogP contribution in [0, 0.1) is 0 Å². The van der Waals surface area contributed by atoms with Gasteiger partial charge in [0.2, 0.25) is 0 Å². The van der Waals surface area contributed by atoms with Crippen LogP contribution in [0.1, 0.15) is 6.92 Å². The van der Waals surface area contributed by atoms with Crippen LogP contribution in [0.25, 0.3) is 0 Å². The lowest BCUT2D eigenvalue weighted by Crippen LogP contribution is -2.48. The molecule has 1 unspecified atom stereocenters. The molecular weight excluding hydrogens is 240 g/mol. The lowest BCUT2D eigenvalue weighted by atomic mass is 10.4. The Hall–Kier alpha value is -0.900. The third kappa shape index (κ3) is 6.56. The van der Waals surface area contributed by atoms with Gasteiger partial charge in [0.1, 0.15) is 0 Å². The van der Waals surface area contributed by atoms with Gasteiger partial charge in [-0.15, -0.1) is 0 Å². The van der Waals surface area contributed by atoms with Crippen LogP contribution in [0.5, 0.6) is 0 Å². The fourth-order valence-corrected chi connectivity index (χ4v) is 1.76. The Bertz CT molecular complexity index is 304. The number of aliphatic hydroxyl groups is 1. The molecule has 0 saturated heterocycles. The van der Waals surface area contributed by atoms with Gasteiger partial charge in [-0.1, -0.05) is 0 Å². The van der Waals surface area contributed by atoms with Gasteiger partial charge in [0.25, 0.3) is 0 Å². The fraction of sp³-hybridized carbons (Fsp3) is 0.857. The quantitative estimate of drug-likeness (QED) is 0.515. The Morgan fingerprint density at radius 1 is 1.50 bits per heavy atom. The Morgan fingerprint density at radius 3 is 2.56 bits per heavy atom. The van der Waals surface area contributed by atoms with Crippen molar-refractivity contribution in [3.8, 4) is 0 Å². The minimum Gasteiger partial charge on any atom is -0.449 e. The highest BCUT2D eigenvalue weighted by atomic mass is 32.2. The van der Waals surface area contributed by atoms with Crippen LogP contribution in [0.3, 0.4) is 0 Å². The second-order valence-corrected chi connectivity index (χ2v) is 4.23. The molecule has 9 heteroatoms. The van der Waals surface area contributed by atoms with E-state index in [1.165, 1.54) is 7.11 Å². The lowest BCUT2D eigenvalue weighted by molar-refractivity contribution is 0.138. The normalized spacial score (nSPS) is 13.2. The molecule has 1 atom stereocenters. The number of nitrogens with one attached hydrogen (secondary N) is 2. The van der Waals surface area contributed by atoms with Crippen LogP contribution >= 0.6 is 0 Å². The number of amides is 1. The van der Waals surface area contributed by atoms with E-state index in [0.717, 1.165) is 0 Å². The van der Waals surface area contributed by atoms with Gasteiger partial charge in [0.15, 0.2) is 0 Å². The van der Waals surface area contributed by atoms with Gasteiger partial charge in [0, 0.05) is 7.11 Å². The van der Waals surface area contributed by atoms with Crippen molar-refractivity contribution in [1.82, 2.24) is 9.44 Å². The highest BCUT2D eigenvalue weighted by Gasteiger charge is 2.19. The van der Waals surface area contributed by atoms with E-state index in [9.17, 15) is 13.2 Å². The van der Waals surface area contributed by atoms with E-state index in [4.69, 9.17) is 5.11 Å². The van der Waals surface area contributed by atoms with Crippen LogP contribution in [0.2, 0.25) is 0 Å². The zero-order valence-electron chi connectivity index (χ0n) is 9.10. The summed E-state index contributed by atoms with van der Waals surface area (Å²) in [5.41, 5.74) is 0. The predicted molar refractivity (Wildman–Crippen MR) is 55.0 cm³/mol. The number of ether oxygens (including phenoxy) is 2. The van der Waals surface area contributed by atoms with Gasteiger partial charge < -0.3 is 14.6 Å². The van der Waals surface area contributed by atoms with Crippen molar-refractivity contribution in [1.29, 1.82) is 0 Å². The molecule has 96 valence electrons. The molecule has 0 aromatic carbocycles. The number of rotatable bonds is 7. The summed E-state index contributed by atoms with van der Waals surface area (Å²) in [4.78, 5) is 10.8. The summed E-state index contributed by atoms with van der Waals surface area (Å²) < 4.78 is 35.2. The molecule has 0 bridgehead atoms. The van der Waals surface area contributed by atoms with Gasteiger partial charge in [-0.3, -0.25) is 0 Å². The second kappa shape index (κ2) is 7.39. The molecule has 0 aliphatic carbocycles. The van der Waals surface area contributed by atoms with E-state index in [1.54, 1.807) is 11.6 Å². The van der Waals surface area contributed by atoms with Gasteiger partial charge in [-0.25, -0.2) is 9.52 Å². The topological polar surface area (TPSA) is 114 Å². The predicted octanol–water partition coefficient (Wildman–Crippen LogP) is -1.43. The lowest BCUT2D eigenvalue weighted by Gasteiger charge is -2.15. The molecule has 0 spiro atoms. The first-order valence-corrected chi connectivity index (χ1v) is 6.00. The number of hydrogen-bond donors (Lipinski definition) is 3. The highest BCUT2D eigenvalue weighted by molar-refractivity contribution is 7.88. The van der Waals surface area contributed by atoms with Gasteiger partial charge in [0.05, 0.1) is 25.9 Å². The Morgan fingerprint density at radius 2 is 2.12 bits per heavy atom. The van der Waals surface area contributed by atoms with Crippen molar-refractivity contribution in [3.05, 3.63) is 0 Å². The molecule has 0 saturated carbocycles. The number of carbonyl (C=O) groups is 1. The van der Waals surface area contributed by atoms with E-state index in [1.807, 2.05) is 4.72 Å². The molecule has 3 N–H and O–H groups in total. The minimum atomic E-state index is -4.05. The second-order valence-electron chi connectivity index (χ2n) is 2.78. The maximum atomic E-state index is 11.3. The molecule has 0 aliphatic rings. The van der Waals surface area contributed by atoms with Crippen LogP contribution < -0.4 is 9.44 Å². The average molecular weight is 256 g/mol. The Labute approximate surface area is 94.1 Å². The first-order valence-electron chi connectivity index (χ1n) is 4.51. The van der Waals surface area contributed by atoms with Crippen molar-refractivity contribution >= 4 is 16.3 Å². The highest BCUT2D eigenvalue weighted by Crippen LogP contribution is 1.89. The van der Waals surface area contributed by atoms with Crippen LogP contribution in [0.15, 0.2) is 0 Å². The monoisotopic (exact) mass is 256 g/mol. The molecule has 0 heterocycles. The number of methoxy groups -OCH3 is 1. The molecular formula is C7H16N2O6S. The van der Waals surface area contributed by atoms with Gasteiger partial charge in [-0.05, 0) is 6.92 Å². The standard InChI is InChI=1S/C7H16N2O6S/c1-3-15-7(11)9-16(12,13)8-6(4-10)5-14-2/h6,8,10H,3-5H2,1-2H3,(H,9,11). The first kappa shape index (κ1) is 15.1. The van der Waals surface area contributed by atoms with Crippen molar-refractivity contribution < 1.29 is 27.8 Å². The Kier molecular flexibility index (Phi) is 6.97. The van der Waals surface area contributed by atoms with Crippen LogP contribution in [-0.2, 0) is 19.7 Å². The molecule has 0 aliphatic heterocycles. The van der Waals surface area contributed by atoms with E-state index in [2.05, 4.69) is 9.47 Å². The molecule has 8 nitrogen and oxygen atoms in total. The maximum Gasteiger partial charge on any atom is 0.421 e. The van der Waals surface area contributed by atoms with Gasteiger partial charge in [-0.2, -0.15) is 13.1 Å². The summed E-state index contributed by atoms with van der Waals surface area (Å²) in [5, 5.41) is 8.81. The summed E-state index contributed by atoms with van der Waals surface area (Å²) in [6.07, 6.45) is -1.08. The third-order valence-corrected chi connectivity index (χ3v) is 2.48. The van der Waals surface area contributed by atoms with E-state index >= 15 is 0 Å². The molecule has 1 amide bonds. The van der Waals surface area contributed by atoms with Crippen molar-refractivity contribution in [3.63, 3.8) is 0 Å². The summed E-state index contributed by atoms with van der Waals surface area (Å²) in [6.45, 7) is 1.14. The number of carbonyl (C=O) groups excluding carboxylic acids is 1. The first-order chi connectivity index (χ1) is 7.45. The maximum absolute atomic E-state index is 11.3. The van der Waals surface area contributed by atoms with Crippen molar-refractivity contribution in [2.24, 2.45) is 0 Å². The summed E-state index contributed by atoms with van der Waals surface area (Å²) in [5.74, 6) is 0. The number of aliphatic hydroxyl groups excluding tert-OH is 1. The van der Waals surface area contributed by atoms with Crippen molar-refractivity contribution in [2.75, 3.05) is 26.9 Å². The molecule has 16 heavy (non-hydrogen) atoms. The van der Waals surface area contributed by atoms with E-state index < -0.39 is 29.0 Å². The summed E-state index contributed by atoms with van der Waals surface area (Å²) in [6, 6.07) is -0.822. The molecule has 0 aromatic heterocycles. The van der Waals surface area contributed by atoms with Crippen LogP contribution in [-0.4, -0.2) is 52.6 Å². The van der Waals surface area contributed by atoms with Crippen molar-refractivity contribution in [2.45, 2.75) is 13.0 Å². The zero-order chi connectivity index (χ0) is 12.6. The summed E-state index contributed by atoms with van der Waals surface area (Å²) >= 11 is 0. The minimum absolute atomic E-state index is 0.0137. The molecule has 0 radical (unpaired) electrons. The Balaban J connectivity index is 4.27. The smallest absolute Gasteiger partial charge is 0.421 e. The van der Waals surface area contributed by atoms with E-state index in [-0.39, 0.29) is 13.2 Å². The SMILES string of the molecule is CCOC(=O)NS(=O)(=O)NC(CO)COC. The molecule has 0 aromatic rings. The number of hydrogen-bond acceptors (Lipinski definition) is 6. The summed E-state index contributed by atoms with van der Waals surface area (Å²) in [7, 11) is -2.69. The zero-order valence-corrected chi connectivity index (χ0v) is 9.91. The largest absolute Gasteiger partial charge is 0.449 e. The fourth-order valence-electron chi connectivity index (χ4n) is 0.844. The molecule has 0 rings (SSSR count). The van der Waals surface area contributed by atoms with Crippen LogP contribution in [0.4, 0.5) is 4.79 Å².